The van der Waals surface area contributed by atoms with Gasteiger partial charge in [0.25, 0.3) is 0 Å². The van der Waals surface area contributed by atoms with E-state index in [1.165, 1.54) is 24.0 Å². The zero-order valence-electron chi connectivity index (χ0n) is 10.4. The Hall–Kier alpha value is -0.900. The molecule has 1 aromatic carbocycles. The molecule has 3 nitrogen and oxygen atoms in total. The SMILES string of the molecule is COC(CN1[C@@H]2c3ccccc3CC[C@@H]21)OC. The molecule has 1 heterocycles. The summed E-state index contributed by atoms with van der Waals surface area (Å²) < 4.78 is 10.6. The molecule has 0 saturated carbocycles. The van der Waals surface area contributed by atoms with Crippen LogP contribution in [0.1, 0.15) is 23.6 Å². The second kappa shape index (κ2) is 4.41. The monoisotopic (exact) mass is 233 g/mol. The third-order valence-electron chi connectivity index (χ3n) is 4.03. The fourth-order valence-corrected chi connectivity index (χ4v) is 3.06. The lowest BCUT2D eigenvalue weighted by Crippen LogP contribution is -2.24. The summed E-state index contributed by atoms with van der Waals surface area (Å²) in [5, 5.41) is 0. The van der Waals surface area contributed by atoms with Gasteiger partial charge in [0.05, 0.1) is 12.6 Å². The highest BCUT2D eigenvalue weighted by molar-refractivity contribution is 5.38. The van der Waals surface area contributed by atoms with E-state index in [0.29, 0.717) is 12.1 Å². The summed E-state index contributed by atoms with van der Waals surface area (Å²) in [6.45, 7) is 0.872. The summed E-state index contributed by atoms with van der Waals surface area (Å²) in [6.07, 6.45) is 2.37. The van der Waals surface area contributed by atoms with E-state index < -0.39 is 0 Å². The van der Waals surface area contributed by atoms with Gasteiger partial charge in [-0.05, 0) is 24.0 Å². The summed E-state index contributed by atoms with van der Waals surface area (Å²) in [5.41, 5.74) is 3.03. The first kappa shape index (κ1) is 11.2. The molecule has 2 aliphatic rings. The number of fused-ring (bicyclic) bond motifs is 3. The Morgan fingerprint density at radius 2 is 2.06 bits per heavy atom. The highest BCUT2D eigenvalue weighted by atomic mass is 16.7. The van der Waals surface area contributed by atoms with Crippen LogP contribution in [-0.4, -0.2) is 38.0 Å². The van der Waals surface area contributed by atoms with E-state index in [1.54, 1.807) is 14.2 Å². The number of hydrogen-bond acceptors (Lipinski definition) is 3. The molecule has 0 N–H and O–H groups in total. The molecule has 0 aromatic heterocycles. The molecule has 1 aromatic rings. The molecule has 1 saturated heterocycles. The quantitative estimate of drug-likeness (QED) is 0.586. The van der Waals surface area contributed by atoms with E-state index in [2.05, 4.69) is 29.2 Å². The third kappa shape index (κ3) is 1.88. The van der Waals surface area contributed by atoms with Crippen LogP contribution in [0.2, 0.25) is 0 Å². The number of aryl methyl sites for hydroxylation is 1. The number of benzene rings is 1. The molecule has 1 aliphatic heterocycles. The third-order valence-corrected chi connectivity index (χ3v) is 4.03. The molecule has 0 bridgehead atoms. The van der Waals surface area contributed by atoms with Crippen molar-refractivity contribution in [3.8, 4) is 0 Å². The van der Waals surface area contributed by atoms with Crippen LogP contribution in [0.4, 0.5) is 0 Å². The summed E-state index contributed by atoms with van der Waals surface area (Å²) in [7, 11) is 3.41. The predicted octanol–water partition coefficient (Wildman–Crippen LogP) is 1.98. The number of nitrogens with zero attached hydrogens (tertiary/aromatic N) is 1. The average molecular weight is 233 g/mol. The predicted molar refractivity (Wildman–Crippen MR) is 65.8 cm³/mol. The lowest BCUT2D eigenvalue weighted by Gasteiger charge is -2.14. The van der Waals surface area contributed by atoms with Crippen molar-refractivity contribution >= 4 is 0 Å². The maximum absolute atomic E-state index is 5.28. The number of rotatable bonds is 4. The minimum atomic E-state index is -0.104. The molecule has 3 heteroatoms. The van der Waals surface area contributed by atoms with E-state index in [0.717, 1.165) is 6.54 Å². The Balaban J connectivity index is 1.74. The van der Waals surface area contributed by atoms with Gasteiger partial charge in [0.1, 0.15) is 0 Å². The Labute approximate surface area is 102 Å². The minimum absolute atomic E-state index is 0.104. The average Bonchev–Trinajstić information content (AvgIpc) is 3.09. The molecule has 17 heavy (non-hydrogen) atoms. The zero-order chi connectivity index (χ0) is 11.8. The molecule has 3 atom stereocenters. The minimum Gasteiger partial charge on any atom is -0.355 e. The van der Waals surface area contributed by atoms with Gasteiger partial charge in [-0.15, -0.1) is 0 Å². The van der Waals surface area contributed by atoms with Crippen molar-refractivity contribution in [2.45, 2.75) is 31.2 Å². The van der Waals surface area contributed by atoms with Gasteiger partial charge in [-0.1, -0.05) is 24.3 Å². The fourth-order valence-electron chi connectivity index (χ4n) is 3.06. The molecular weight excluding hydrogens is 214 g/mol. The highest BCUT2D eigenvalue weighted by Crippen LogP contribution is 2.50. The summed E-state index contributed by atoms with van der Waals surface area (Å²) >= 11 is 0. The smallest absolute Gasteiger partial charge is 0.169 e. The Morgan fingerprint density at radius 3 is 2.82 bits per heavy atom. The number of ether oxygens (including phenoxy) is 2. The summed E-state index contributed by atoms with van der Waals surface area (Å²) in [4.78, 5) is 2.49. The zero-order valence-corrected chi connectivity index (χ0v) is 10.4. The highest BCUT2D eigenvalue weighted by Gasteiger charge is 2.51. The van der Waals surface area contributed by atoms with E-state index in [9.17, 15) is 0 Å². The van der Waals surface area contributed by atoms with Crippen molar-refractivity contribution in [1.29, 1.82) is 0 Å². The van der Waals surface area contributed by atoms with Crippen LogP contribution in [-0.2, 0) is 15.9 Å². The van der Waals surface area contributed by atoms with Gasteiger partial charge in [-0.2, -0.15) is 0 Å². The largest absolute Gasteiger partial charge is 0.355 e. The normalized spacial score (nSPS) is 29.9. The summed E-state index contributed by atoms with van der Waals surface area (Å²) in [6, 6.07) is 10.1. The Bertz CT molecular complexity index is 403. The molecule has 0 spiro atoms. The Morgan fingerprint density at radius 1 is 1.29 bits per heavy atom. The first-order valence-corrected chi connectivity index (χ1v) is 6.24. The van der Waals surface area contributed by atoms with Gasteiger partial charge in [0, 0.05) is 20.3 Å². The van der Waals surface area contributed by atoms with Crippen LogP contribution in [0.15, 0.2) is 24.3 Å². The maximum atomic E-state index is 5.28. The standard InChI is InChI=1S/C14H19NO2/c1-16-13(17-2)9-15-12-8-7-10-5-3-4-6-11(10)14(12)15/h3-6,12-14H,7-9H2,1-2H3/t12-,14+,15?/m0/s1. The number of methoxy groups -OCH3 is 2. The molecule has 0 radical (unpaired) electrons. The summed E-state index contributed by atoms with van der Waals surface area (Å²) in [5.74, 6) is 0. The lowest BCUT2D eigenvalue weighted by molar-refractivity contribution is -0.108. The second-order valence-electron chi connectivity index (χ2n) is 4.85. The molecule has 3 rings (SSSR count). The van der Waals surface area contributed by atoms with Crippen LogP contribution in [0.3, 0.4) is 0 Å². The molecule has 1 fully saturated rings. The molecular formula is C14H19NO2. The van der Waals surface area contributed by atoms with Crippen molar-refractivity contribution < 1.29 is 9.47 Å². The van der Waals surface area contributed by atoms with Gasteiger partial charge in [-0.3, -0.25) is 4.90 Å². The van der Waals surface area contributed by atoms with Crippen LogP contribution in [0.25, 0.3) is 0 Å². The molecule has 92 valence electrons. The van der Waals surface area contributed by atoms with Crippen molar-refractivity contribution in [1.82, 2.24) is 4.90 Å². The van der Waals surface area contributed by atoms with Crippen LogP contribution in [0, 0.1) is 0 Å². The van der Waals surface area contributed by atoms with Crippen molar-refractivity contribution in [2.24, 2.45) is 0 Å². The van der Waals surface area contributed by atoms with E-state index in [1.807, 2.05) is 0 Å². The molecule has 0 amide bonds. The van der Waals surface area contributed by atoms with Gasteiger partial charge in [0.2, 0.25) is 0 Å². The van der Waals surface area contributed by atoms with Crippen LogP contribution in [0.5, 0.6) is 0 Å². The lowest BCUT2D eigenvalue weighted by atomic mass is 9.92. The van der Waals surface area contributed by atoms with Crippen LogP contribution >= 0.6 is 0 Å². The number of hydrogen-bond donors (Lipinski definition) is 0. The van der Waals surface area contributed by atoms with Gasteiger partial charge in [0.15, 0.2) is 6.29 Å². The van der Waals surface area contributed by atoms with Crippen molar-refractivity contribution in [2.75, 3.05) is 20.8 Å². The maximum Gasteiger partial charge on any atom is 0.169 e. The van der Waals surface area contributed by atoms with Gasteiger partial charge < -0.3 is 9.47 Å². The first-order chi connectivity index (χ1) is 8.35. The van der Waals surface area contributed by atoms with E-state index in [-0.39, 0.29) is 6.29 Å². The van der Waals surface area contributed by atoms with Gasteiger partial charge in [-0.25, -0.2) is 0 Å². The van der Waals surface area contributed by atoms with E-state index >= 15 is 0 Å². The van der Waals surface area contributed by atoms with Crippen LogP contribution < -0.4 is 0 Å². The van der Waals surface area contributed by atoms with E-state index in [4.69, 9.17) is 9.47 Å². The second-order valence-corrected chi connectivity index (χ2v) is 4.85. The fraction of sp³-hybridized carbons (Fsp3) is 0.571. The van der Waals surface area contributed by atoms with Crippen molar-refractivity contribution in [3.05, 3.63) is 35.4 Å². The van der Waals surface area contributed by atoms with Crippen molar-refractivity contribution in [3.63, 3.8) is 0 Å². The molecule has 1 aliphatic carbocycles. The first-order valence-electron chi connectivity index (χ1n) is 6.24. The Kier molecular flexibility index (Phi) is 2.90. The topological polar surface area (TPSA) is 21.5 Å². The van der Waals surface area contributed by atoms with Gasteiger partial charge >= 0.3 is 0 Å². The molecule has 1 unspecified atom stereocenters.